The summed E-state index contributed by atoms with van der Waals surface area (Å²) >= 11 is 0. The molecule has 1 aliphatic rings. The molecule has 0 unspecified atom stereocenters. The van der Waals surface area contributed by atoms with Crippen molar-refractivity contribution in [3.8, 4) is 6.07 Å². The molecule has 0 bridgehead atoms. The lowest BCUT2D eigenvalue weighted by Gasteiger charge is -2.28. The average molecular weight is 337 g/mol. The maximum absolute atomic E-state index is 12.3. The van der Waals surface area contributed by atoms with Gasteiger partial charge in [0.2, 0.25) is 0 Å². The molecule has 0 aliphatic carbocycles. The molecule has 2 aromatic rings. The van der Waals surface area contributed by atoms with Crippen LogP contribution in [0, 0.1) is 18.3 Å². The third-order valence-corrected chi connectivity index (χ3v) is 3.88. The van der Waals surface area contributed by atoms with Gasteiger partial charge in [0.05, 0.1) is 31.4 Å². The second-order valence-corrected chi connectivity index (χ2v) is 5.76. The molecule has 2 heterocycles. The maximum Gasteiger partial charge on any atom is 0.251 e. The average Bonchev–Trinajstić information content (AvgIpc) is 2.66. The predicted octanol–water partition coefficient (Wildman–Crippen LogP) is 1.42. The molecule has 3 rings (SSSR count). The zero-order valence-corrected chi connectivity index (χ0v) is 14.0. The summed E-state index contributed by atoms with van der Waals surface area (Å²) in [7, 11) is 0. The summed E-state index contributed by atoms with van der Waals surface area (Å²) in [4.78, 5) is 23.3. The number of nitriles is 1. The number of ether oxygens (including phenoxy) is 1. The first kappa shape index (κ1) is 16.9. The number of nitrogens with zero attached hydrogens (tertiary/aromatic N) is 4. The molecule has 1 amide bonds. The Morgan fingerprint density at radius 3 is 2.88 bits per heavy atom. The lowest BCUT2D eigenvalue weighted by molar-refractivity contribution is 0.0950. The van der Waals surface area contributed by atoms with E-state index in [0.29, 0.717) is 30.2 Å². The summed E-state index contributed by atoms with van der Waals surface area (Å²) in [5.41, 5.74) is 1.75. The molecule has 7 nitrogen and oxygen atoms in total. The fourth-order valence-corrected chi connectivity index (χ4v) is 2.64. The molecule has 0 atom stereocenters. The van der Waals surface area contributed by atoms with Crippen LogP contribution in [0.15, 0.2) is 30.3 Å². The number of carbonyl (C=O) groups is 1. The van der Waals surface area contributed by atoms with E-state index in [-0.39, 0.29) is 12.5 Å². The Balaban J connectivity index is 1.69. The first-order chi connectivity index (χ1) is 12.2. The van der Waals surface area contributed by atoms with Crippen molar-refractivity contribution in [3.63, 3.8) is 0 Å². The van der Waals surface area contributed by atoms with Crippen LogP contribution >= 0.6 is 0 Å². The van der Waals surface area contributed by atoms with Crippen LogP contribution in [0.3, 0.4) is 0 Å². The summed E-state index contributed by atoms with van der Waals surface area (Å²) in [5.74, 6) is 1.16. The van der Waals surface area contributed by atoms with E-state index < -0.39 is 0 Å². The van der Waals surface area contributed by atoms with Crippen molar-refractivity contribution in [2.24, 2.45) is 0 Å². The largest absolute Gasteiger partial charge is 0.378 e. The van der Waals surface area contributed by atoms with Crippen molar-refractivity contribution in [2.45, 2.75) is 13.5 Å². The van der Waals surface area contributed by atoms with Gasteiger partial charge in [-0.05, 0) is 25.1 Å². The number of anilines is 1. The molecule has 0 radical (unpaired) electrons. The SMILES string of the molecule is Cc1cc(N2CCOCC2)nc(CNC(=O)c2cccc(C#N)c2)n1. The van der Waals surface area contributed by atoms with Crippen molar-refractivity contribution in [3.05, 3.63) is 53.0 Å². The van der Waals surface area contributed by atoms with Gasteiger partial charge in [0.1, 0.15) is 11.6 Å². The summed E-state index contributed by atoms with van der Waals surface area (Å²) < 4.78 is 5.36. The Kier molecular flexibility index (Phi) is 5.21. The van der Waals surface area contributed by atoms with Crippen LogP contribution in [0.2, 0.25) is 0 Å². The van der Waals surface area contributed by atoms with Gasteiger partial charge in [0.15, 0.2) is 0 Å². The predicted molar refractivity (Wildman–Crippen MR) is 92.1 cm³/mol. The van der Waals surface area contributed by atoms with E-state index in [1.165, 1.54) is 0 Å². The van der Waals surface area contributed by atoms with Crippen LogP contribution in [-0.4, -0.2) is 42.2 Å². The molecule has 0 spiro atoms. The minimum atomic E-state index is -0.255. The number of benzene rings is 1. The van der Waals surface area contributed by atoms with Crippen LogP contribution in [0.1, 0.15) is 27.4 Å². The normalized spacial score (nSPS) is 14.0. The smallest absolute Gasteiger partial charge is 0.251 e. The number of morpholine rings is 1. The van der Waals surface area contributed by atoms with Gasteiger partial charge in [-0.25, -0.2) is 9.97 Å². The molecular formula is C18H19N5O2. The van der Waals surface area contributed by atoms with E-state index in [1.54, 1.807) is 24.3 Å². The summed E-state index contributed by atoms with van der Waals surface area (Å²) in [6, 6.07) is 10.5. The van der Waals surface area contributed by atoms with E-state index >= 15 is 0 Å². The minimum Gasteiger partial charge on any atom is -0.378 e. The number of hydrogen-bond donors (Lipinski definition) is 1. The molecule has 1 aromatic carbocycles. The topological polar surface area (TPSA) is 91.1 Å². The van der Waals surface area contributed by atoms with E-state index in [4.69, 9.17) is 10.00 Å². The van der Waals surface area contributed by atoms with Crippen molar-refractivity contribution >= 4 is 11.7 Å². The Morgan fingerprint density at radius 2 is 2.12 bits per heavy atom. The monoisotopic (exact) mass is 337 g/mol. The molecule has 1 aromatic heterocycles. The van der Waals surface area contributed by atoms with Crippen LogP contribution < -0.4 is 10.2 Å². The minimum absolute atomic E-state index is 0.231. The molecular weight excluding hydrogens is 318 g/mol. The lowest BCUT2D eigenvalue weighted by Crippen LogP contribution is -2.37. The van der Waals surface area contributed by atoms with E-state index in [1.807, 2.05) is 19.1 Å². The van der Waals surface area contributed by atoms with E-state index in [0.717, 1.165) is 24.6 Å². The first-order valence-electron chi connectivity index (χ1n) is 8.11. The molecule has 0 saturated carbocycles. The van der Waals surface area contributed by atoms with Crippen molar-refractivity contribution in [1.82, 2.24) is 15.3 Å². The quantitative estimate of drug-likeness (QED) is 0.907. The fourth-order valence-electron chi connectivity index (χ4n) is 2.64. The Bertz CT molecular complexity index is 809. The molecule has 128 valence electrons. The summed E-state index contributed by atoms with van der Waals surface area (Å²) in [6.07, 6.45) is 0. The Labute approximate surface area is 146 Å². The van der Waals surface area contributed by atoms with Crippen LogP contribution in [0.4, 0.5) is 5.82 Å². The van der Waals surface area contributed by atoms with Gasteiger partial charge in [-0.15, -0.1) is 0 Å². The van der Waals surface area contributed by atoms with Crippen LogP contribution in [0.25, 0.3) is 0 Å². The second-order valence-electron chi connectivity index (χ2n) is 5.76. The molecule has 25 heavy (non-hydrogen) atoms. The van der Waals surface area contributed by atoms with Gasteiger partial charge in [-0.1, -0.05) is 6.07 Å². The molecule has 1 N–H and O–H groups in total. The number of nitrogens with one attached hydrogen (secondary N) is 1. The van der Waals surface area contributed by atoms with Gasteiger partial charge >= 0.3 is 0 Å². The fraction of sp³-hybridized carbons (Fsp3) is 0.333. The maximum atomic E-state index is 12.3. The first-order valence-corrected chi connectivity index (χ1v) is 8.11. The molecule has 1 fully saturated rings. The van der Waals surface area contributed by atoms with E-state index in [2.05, 4.69) is 20.2 Å². The standard InChI is InChI=1S/C18H19N5O2/c1-13-9-17(23-5-7-25-8-6-23)22-16(21-13)12-20-18(24)15-4-2-3-14(10-15)11-19/h2-4,9-10H,5-8,12H2,1H3,(H,20,24). The highest BCUT2D eigenvalue weighted by Gasteiger charge is 2.14. The van der Waals surface area contributed by atoms with Crippen molar-refractivity contribution < 1.29 is 9.53 Å². The second kappa shape index (κ2) is 7.73. The molecule has 7 heteroatoms. The Morgan fingerprint density at radius 1 is 1.32 bits per heavy atom. The number of rotatable bonds is 4. The summed E-state index contributed by atoms with van der Waals surface area (Å²) in [6.45, 7) is 5.10. The van der Waals surface area contributed by atoms with Crippen molar-refractivity contribution in [2.75, 3.05) is 31.2 Å². The highest BCUT2D eigenvalue weighted by Crippen LogP contribution is 2.14. The number of aryl methyl sites for hydroxylation is 1. The number of carbonyl (C=O) groups excluding carboxylic acids is 1. The lowest BCUT2D eigenvalue weighted by atomic mass is 10.1. The molecule has 1 aliphatic heterocycles. The summed E-state index contributed by atoms with van der Waals surface area (Å²) in [5, 5.41) is 11.7. The number of aromatic nitrogens is 2. The van der Waals surface area contributed by atoms with Crippen LogP contribution in [-0.2, 0) is 11.3 Å². The Hall–Kier alpha value is -2.98. The van der Waals surface area contributed by atoms with Gasteiger partial charge in [0, 0.05) is 30.4 Å². The third-order valence-electron chi connectivity index (χ3n) is 3.88. The van der Waals surface area contributed by atoms with Crippen molar-refractivity contribution in [1.29, 1.82) is 5.26 Å². The highest BCUT2D eigenvalue weighted by molar-refractivity contribution is 5.94. The number of amides is 1. The van der Waals surface area contributed by atoms with Gasteiger partial charge < -0.3 is 15.0 Å². The molecule has 1 saturated heterocycles. The van der Waals surface area contributed by atoms with E-state index in [9.17, 15) is 4.79 Å². The van der Waals surface area contributed by atoms with Crippen LogP contribution in [0.5, 0.6) is 0 Å². The van der Waals surface area contributed by atoms with Gasteiger partial charge in [-0.3, -0.25) is 4.79 Å². The highest BCUT2D eigenvalue weighted by atomic mass is 16.5. The zero-order chi connectivity index (χ0) is 17.6. The third kappa shape index (κ3) is 4.31. The zero-order valence-electron chi connectivity index (χ0n) is 14.0. The van der Waals surface area contributed by atoms with Gasteiger partial charge in [0.25, 0.3) is 5.91 Å². The number of hydrogen-bond acceptors (Lipinski definition) is 6. The van der Waals surface area contributed by atoms with Gasteiger partial charge in [-0.2, -0.15) is 5.26 Å².